The van der Waals surface area contributed by atoms with Crippen LogP contribution in [0.15, 0.2) is 42.5 Å². The van der Waals surface area contributed by atoms with Crippen LogP contribution in [0.3, 0.4) is 0 Å². The van der Waals surface area contributed by atoms with Crippen LogP contribution in [0.1, 0.15) is 44.6 Å². The van der Waals surface area contributed by atoms with Gasteiger partial charge in [-0.05, 0) is 35.6 Å². The molecule has 0 bridgehead atoms. The molecule has 0 atom stereocenters. The van der Waals surface area contributed by atoms with Gasteiger partial charge in [-0.1, -0.05) is 62.2 Å². The number of fused-ring (bicyclic) bond motifs is 1. The molecule has 1 saturated carbocycles. The van der Waals surface area contributed by atoms with Crippen molar-refractivity contribution in [3.8, 4) is 0 Å². The average molecular weight is 266 g/mol. The van der Waals surface area contributed by atoms with Crippen molar-refractivity contribution in [2.75, 3.05) is 0 Å². The van der Waals surface area contributed by atoms with E-state index < -0.39 is 0 Å². The van der Waals surface area contributed by atoms with Crippen molar-refractivity contribution in [3.05, 3.63) is 48.0 Å². The number of benzene rings is 2. The van der Waals surface area contributed by atoms with Crippen LogP contribution >= 0.6 is 0 Å². The van der Waals surface area contributed by atoms with E-state index in [4.69, 9.17) is 0 Å². The molecule has 0 radical (unpaired) electrons. The SMILES string of the molecule is CCC1(C(=O)Cc2ccc3ccccc3c2)CCCC1. The molecule has 0 spiro atoms. The van der Waals surface area contributed by atoms with Gasteiger partial charge in [-0.25, -0.2) is 0 Å². The van der Waals surface area contributed by atoms with E-state index in [-0.39, 0.29) is 5.41 Å². The number of Topliss-reactive ketones (excluding diaryl/α,β-unsaturated/α-hetero) is 1. The fraction of sp³-hybridized carbons (Fsp3) is 0.421. The van der Waals surface area contributed by atoms with Gasteiger partial charge in [0.2, 0.25) is 0 Å². The van der Waals surface area contributed by atoms with E-state index in [1.54, 1.807) is 0 Å². The van der Waals surface area contributed by atoms with Gasteiger partial charge in [0.25, 0.3) is 0 Å². The van der Waals surface area contributed by atoms with E-state index in [1.165, 1.54) is 23.6 Å². The van der Waals surface area contributed by atoms with E-state index in [0.717, 1.165) is 24.8 Å². The van der Waals surface area contributed by atoms with Crippen molar-refractivity contribution in [1.82, 2.24) is 0 Å². The molecule has 0 aliphatic heterocycles. The van der Waals surface area contributed by atoms with Gasteiger partial charge < -0.3 is 0 Å². The van der Waals surface area contributed by atoms with Crippen molar-refractivity contribution in [2.24, 2.45) is 5.41 Å². The van der Waals surface area contributed by atoms with Gasteiger partial charge in [0.05, 0.1) is 0 Å². The Bertz CT molecular complexity index is 620. The highest BCUT2D eigenvalue weighted by Crippen LogP contribution is 2.42. The van der Waals surface area contributed by atoms with Crippen molar-refractivity contribution < 1.29 is 4.79 Å². The first-order chi connectivity index (χ1) is 9.73. The minimum absolute atomic E-state index is 0.0222. The molecular formula is C19H22O. The van der Waals surface area contributed by atoms with Crippen LogP contribution in [-0.4, -0.2) is 5.78 Å². The third-order valence-corrected chi connectivity index (χ3v) is 5.01. The first-order valence-electron chi connectivity index (χ1n) is 7.74. The van der Waals surface area contributed by atoms with E-state index in [9.17, 15) is 4.79 Å². The van der Waals surface area contributed by atoms with E-state index in [0.29, 0.717) is 12.2 Å². The number of hydrogen-bond donors (Lipinski definition) is 0. The maximum Gasteiger partial charge on any atom is 0.143 e. The third-order valence-electron chi connectivity index (χ3n) is 5.01. The standard InChI is InChI=1S/C19H22O/c1-2-19(11-5-6-12-19)18(20)14-15-9-10-16-7-3-4-8-17(16)13-15/h3-4,7-10,13H,2,5-6,11-12,14H2,1H3. The van der Waals surface area contributed by atoms with Crippen LogP contribution in [0, 0.1) is 5.41 Å². The molecule has 2 aromatic rings. The molecule has 20 heavy (non-hydrogen) atoms. The molecule has 104 valence electrons. The van der Waals surface area contributed by atoms with Gasteiger partial charge in [-0.2, -0.15) is 0 Å². The molecule has 2 aromatic carbocycles. The summed E-state index contributed by atoms with van der Waals surface area (Å²) in [6.07, 6.45) is 6.22. The topological polar surface area (TPSA) is 17.1 Å². The number of carbonyl (C=O) groups excluding carboxylic acids is 1. The van der Waals surface area contributed by atoms with E-state index in [2.05, 4.69) is 49.4 Å². The van der Waals surface area contributed by atoms with Crippen molar-refractivity contribution in [2.45, 2.75) is 45.4 Å². The van der Waals surface area contributed by atoms with Gasteiger partial charge in [0, 0.05) is 11.8 Å². The molecule has 1 aliphatic carbocycles. The Morgan fingerprint density at radius 2 is 1.75 bits per heavy atom. The van der Waals surface area contributed by atoms with Crippen LogP contribution < -0.4 is 0 Å². The summed E-state index contributed by atoms with van der Waals surface area (Å²) in [5, 5.41) is 2.48. The molecule has 1 nitrogen and oxygen atoms in total. The number of hydrogen-bond acceptors (Lipinski definition) is 1. The second-order valence-corrected chi connectivity index (χ2v) is 6.12. The van der Waals surface area contributed by atoms with Crippen molar-refractivity contribution >= 4 is 16.6 Å². The summed E-state index contributed by atoms with van der Waals surface area (Å²) in [7, 11) is 0. The number of rotatable bonds is 4. The Morgan fingerprint density at radius 3 is 2.45 bits per heavy atom. The second kappa shape index (κ2) is 5.40. The molecule has 1 aliphatic rings. The van der Waals surface area contributed by atoms with Crippen molar-refractivity contribution in [3.63, 3.8) is 0 Å². The number of carbonyl (C=O) groups is 1. The zero-order valence-corrected chi connectivity index (χ0v) is 12.2. The summed E-state index contributed by atoms with van der Waals surface area (Å²) in [5.74, 6) is 0.452. The lowest BCUT2D eigenvalue weighted by Gasteiger charge is -2.25. The third kappa shape index (κ3) is 2.37. The summed E-state index contributed by atoms with van der Waals surface area (Å²) >= 11 is 0. The Morgan fingerprint density at radius 1 is 1.05 bits per heavy atom. The van der Waals surface area contributed by atoms with Crippen LogP contribution in [-0.2, 0) is 11.2 Å². The van der Waals surface area contributed by atoms with Gasteiger partial charge in [0.1, 0.15) is 5.78 Å². The Hall–Kier alpha value is -1.63. The molecule has 0 heterocycles. The quantitative estimate of drug-likeness (QED) is 0.767. The highest BCUT2D eigenvalue weighted by Gasteiger charge is 2.38. The first-order valence-corrected chi connectivity index (χ1v) is 7.74. The maximum atomic E-state index is 12.7. The molecule has 0 N–H and O–H groups in total. The van der Waals surface area contributed by atoms with Crippen LogP contribution in [0.2, 0.25) is 0 Å². The Balaban J connectivity index is 1.83. The largest absolute Gasteiger partial charge is 0.299 e. The monoisotopic (exact) mass is 266 g/mol. The predicted octanol–water partition coefficient (Wildman–Crippen LogP) is 4.92. The van der Waals surface area contributed by atoms with E-state index >= 15 is 0 Å². The lowest BCUT2D eigenvalue weighted by atomic mass is 9.77. The summed E-state index contributed by atoms with van der Waals surface area (Å²) in [5.41, 5.74) is 1.14. The molecule has 0 amide bonds. The van der Waals surface area contributed by atoms with Crippen molar-refractivity contribution in [1.29, 1.82) is 0 Å². The van der Waals surface area contributed by atoms with Gasteiger partial charge in [-0.3, -0.25) is 4.79 Å². The van der Waals surface area contributed by atoms with Crippen LogP contribution in [0.4, 0.5) is 0 Å². The fourth-order valence-corrected chi connectivity index (χ4v) is 3.60. The average Bonchev–Trinajstić information content (AvgIpc) is 2.97. The molecule has 3 rings (SSSR count). The van der Waals surface area contributed by atoms with Gasteiger partial charge in [0.15, 0.2) is 0 Å². The summed E-state index contributed by atoms with van der Waals surface area (Å²) in [6, 6.07) is 14.8. The summed E-state index contributed by atoms with van der Waals surface area (Å²) in [4.78, 5) is 12.7. The summed E-state index contributed by atoms with van der Waals surface area (Å²) in [6.45, 7) is 2.17. The van der Waals surface area contributed by atoms with E-state index in [1.807, 2.05) is 0 Å². The highest BCUT2D eigenvalue weighted by atomic mass is 16.1. The minimum Gasteiger partial charge on any atom is -0.299 e. The zero-order chi connectivity index (χ0) is 14.0. The normalized spacial score (nSPS) is 17.4. The number of ketones is 1. The lowest BCUT2D eigenvalue weighted by molar-refractivity contribution is -0.128. The summed E-state index contributed by atoms with van der Waals surface area (Å²) < 4.78 is 0. The van der Waals surface area contributed by atoms with Gasteiger partial charge >= 0.3 is 0 Å². The molecule has 0 aromatic heterocycles. The second-order valence-electron chi connectivity index (χ2n) is 6.12. The molecule has 0 unspecified atom stereocenters. The highest BCUT2D eigenvalue weighted by molar-refractivity contribution is 5.89. The Kier molecular flexibility index (Phi) is 3.60. The lowest BCUT2D eigenvalue weighted by Crippen LogP contribution is -2.28. The zero-order valence-electron chi connectivity index (χ0n) is 12.2. The molecule has 1 heteroatoms. The maximum absolute atomic E-state index is 12.7. The fourth-order valence-electron chi connectivity index (χ4n) is 3.60. The molecular weight excluding hydrogens is 244 g/mol. The smallest absolute Gasteiger partial charge is 0.143 e. The van der Waals surface area contributed by atoms with Crippen LogP contribution in [0.25, 0.3) is 10.8 Å². The molecule has 0 saturated heterocycles. The van der Waals surface area contributed by atoms with Crippen LogP contribution in [0.5, 0.6) is 0 Å². The predicted molar refractivity (Wildman–Crippen MR) is 83.9 cm³/mol. The first kappa shape index (κ1) is 13.4. The van der Waals surface area contributed by atoms with Gasteiger partial charge in [-0.15, -0.1) is 0 Å². The molecule has 1 fully saturated rings. The minimum atomic E-state index is -0.0222. The Labute approximate surface area is 121 Å².